The lowest BCUT2D eigenvalue weighted by Crippen LogP contribution is -2.22. The van der Waals surface area contributed by atoms with Gasteiger partial charge in [0.05, 0.1) is 5.56 Å². The molecule has 0 aromatic carbocycles. The lowest BCUT2D eigenvalue weighted by Gasteiger charge is -2.22. The van der Waals surface area contributed by atoms with Crippen molar-refractivity contribution in [3.8, 4) is 0 Å². The van der Waals surface area contributed by atoms with Crippen LogP contribution in [0.2, 0.25) is 5.15 Å². The number of halogens is 1. The molecule has 0 bridgehead atoms. The third-order valence-electron chi connectivity index (χ3n) is 3.40. The SMILES string of the molecule is O=Cc1c(Cl)ncnc1NC1CCCCCCC1. The standard InChI is InChI=1S/C13H18ClN3O/c14-12-11(8-18)13(16-9-15-12)17-10-6-4-2-1-3-5-7-10/h8-10H,1-7H2,(H,15,16,17). The number of nitrogens with one attached hydrogen (secondary N) is 1. The molecule has 2 rings (SSSR count). The van der Waals surface area contributed by atoms with Crippen molar-refractivity contribution in [1.82, 2.24) is 9.97 Å². The maximum Gasteiger partial charge on any atom is 0.156 e. The smallest absolute Gasteiger partial charge is 0.156 e. The zero-order valence-electron chi connectivity index (χ0n) is 10.4. The van der Waals surface area contributed by atoms with Crippen LogP contribution in [0.3, 0.4) is 0 Å². The minimum Gasteiger partial charge on any atom is -0.367 e. The number of hydrogen-bond donors (Lipinski definition) is 1. The summed E-state index contributed by atoms with van der Waals surface area (Å²) in [6.45, 7) is 0. The van der Waals surface area contributed by atoms with Gasteiger partial charge in [0.2, 0.25) is 0 Å². The third-order valence-corrected chi connectivity index (χ3v) is 3.70. The van der Waals surface area contributed by atoms with Gasteiger partial charge in [-0.3, -0.25) is 4.79 Å². The Morgan fingerprint density at radius 1 is 1.17 bits per heavy atom. The second-order valence-electron chi connectivity index (χ2n) is 4.73. The molecule has 98 valence electrons. The van der Waals surface area contributed by atoms with E-state index in [2.05, 4.69) is 15.3 Å². The Morgan fingerprint density at radius 3 is 2.50 bits per heavy atom. The van der Waals surface area contributed by atoms with E-state index in [0.717, 1.165) is 12.8 Å². The van der Waals surface area contributed by atoms with E-state index in [4.69, 9.17) is 11.6 Å². The van der Waals surface area contributed by atoms with Gasteiger partial charge >= 0.3 is 0 Å². The van der Waals surface area contributed by atoms with Crippen molar-refractivity contribution in [3.63, 3.8) is 0 Å². The lowest BCUT2D eigenvalue weighted by atomic mass is 9.96. The molecule has 0 unspecified atom stereocenters. The van der Waals surface area contributed by atoms with Crippen LogP contribution in [0.4, 0.5) is 5.82 Å². The molecular formula is C13H18ClN3O. The number of anilines is 1. The quantitative estimate of drug-likeness (QED) is 0.673. The summed E-state index contributed by atoms with van der Waals surface area (Å²) >= 11 is 5.88. The van der Waals surface area contributed by atoms with E-state index >= 15 is 0 Å². The Morgan fingerprint density at radius 2 is 1.83 bits per heavy atom. The molecule has 1 aromatic rings. The number of carbonyl (C=O) groups is 1. The van der Waals surface area contributed by atoms with Crippen LogP contribution in [0.15, 0.2) is 6.33 Å². The Hall–Kier alpha value is -1.16. The fourth-order valence-corrected chi connectivity index (χ4v) is 2.57. The predicted molar refractivity (Wildman–Crippen MR) is 72.2 cm³/mol. The fraction of sp³-hybridized carbons (Fsp3) is 0.615. The van der Waals surface area contributed by atoms with Crippen LogP contribution in [0.5, 0.6) is 0 Å². The molecule has 5 heteroatoms. The average molecular weight is 268 g/mol. The normalized spacial score (nSPS) is 17.8. The number of aromatic nitrogens is 2. The van der Waals surface area contributed by atoms with E-state index in [1.165, 1.54) is 38.4 Å². The van der Waals surface area contributed by atoms with E-state index in [9.17, 15) is 4.79 Å². The first kappa shape index (κ1) is 13.3. The summed E-state index contributed by atoms with van der Waals surface area (Å²) in [7, 11) is 0. The third kappa shape index (κ3) is 3.42. The van der Waals surface area contributed by atoms with Crippen LogP contribution >= 0.6 is 11.6 Å². The van der Waals surface area contributed by atoms with Crippen molar-refractivity contribution in [2.45, 2.75) is 51.0 Å². The van der Waals surface area contributed by atoms with Gasteiger partial charge in [0.25, 0.3) is 0 Å². The van der Waals surface area contributed by atoms with Gasteiger partial charge < -0.3 is 5.32 Å². The first-order valence-electron chi connectivity index (χ1n) is 6.53. The molecule has 0 amide bonds. The second-order valence-corrected chi connectivity index (χ2v) is 5.09. The summed E-state index contributed by atoms with van der Waals surface area (Å²) in [5.74, 6) is 0.565. The van der Waals surface area contributed by atoms with Gasteiger partial charge in [0.15, 0.2) is 6.29 Å². The predicted octanol–water partition coefficient (Wildman–Crippen LogP) is 3.47. The van der Waals surface area contributed by atoms with Crippen molar-refractivity contribution >= 4 is 23.7 Å². The van der Waals surface area contributed by atoms with Gasteiger partial charge in [0.1, 0.15) is 17.3 Å². The van der Waals surface area contributed by atoms with Crippen LogP contribution in [0, 0.1) is 0 Å². The fourth-order valence-electron chi connectivity index (χ4n) is 2.39. The minimum absolute atomic E-state index is 0.216. The zero-order valence-corrected chi connectivity index (χ0v) is 11.1. The van der Waals surface area contributed by atoms with E-state index in [1.54, 1.807) is 0 Å². The van der Waals surface area contributed by atoms with E-state index in [1.807, 2.05) is 0 Å². The molecule has 1 aliphatic carbocycles. The Balaban J connectivity index is 2.07. The van der Waals surface area contributed by atoms with Gasteiger partial charge in [-0.15, -0.1) is 0 Å². The van der Waals surface area contributed by atoms with Crippen molar-refractivity contribution in [1.29, 1.82) is 0 Å². The van der Waals surface area contributed by atoms with Gasteiger partial charge in [0, 0.05) is 6.04 Å². The minimum atomic E-state index is 0.216. The molecule has 1 N–H and O–H groups in total. The molecule has 1 saturated carbocycles. The highest BCUT2D eigenvalue weighted by molar-refractivity contribution is 6.32. The number of rotatable bonds is 3. The number of carbonyl (C=O) groups excluding carboxylic acids is 1. The van der Waals surface area contributed by atoms with E-state index in [0.29, 0.717) is 23.7 Å². The first-order valence-corrected chi connectivity index (χ1v) is 6.91. The molecular weight excluding hydrogens is 250 g/mol. The van der Waals surface area contributed by atoms with Crippen LogP contribution in [-0.4, -0.2) is 22.3 Å². The molecule has 1 aromatic heterocycles. The summed E-state index contributed by atoms with van der Waals surface area (Å²) in [6, 6.07) is 0.384. The van der Waals surface area contributed by atoms with Gasteiger partial charge in [-0.1, -0.05) is 43.7 Å². The topological polar surface area (TPSA) is 54.9 Å². The largest absolute Gasteiger partial charge is 0.367 e. The van der Waals surface area contributed by atoms with Crippen LogP contribution in [0.1, 0.15) is 55.3 Å². The number of aldehydes is 1. The maximum absolute atomic E-state index is 11.0. The van der Waals surface area contributed by atoms with E-state index in [-0.39, 0.29) is 5.15 Å². The highest BCUT2D eigenvalue weighted by Crippen LogP contribution is 2.23. The van der Waals surface area contributed by atoms with Gasteiger partial charge in [-0.2, -0.15) is 0 Å². The van der Waals surface area contributed by atoms with Crippen LogP contribution in [-0.2, 0) is 0 Å². The summed E-state index contributed by atoms with van der Waals surface area (Å²) in [5, 5.41) is 3.56. The molecule has 0 radical (unpaired) electrons. The van der Waals surface area contributed by atoms with E-state index < -0.39 is 0 Å². The molecule has 1 heterocycles. The molecule has 4 nitrogen and oxygen atoms in total. The molecule has 1 fully saturated rings. The molecule has 0 atom stereocenters. The lowest BCUT2D eigenvalue weighted by molar-refractivity contribution is 0.112. The second kappa shape index (κ2) is 6.69. The summed E-state index contributed by atoms with van der Waals surface area (Å²) in [4.78, 5) is 18.9. The highest BCUT2D eigenvalue weighted by Gasteiger charge is 2.15. The zero-order chi connectivity index (χ0) is 12.8. The van der Waals surface area contributed by atoms with Crippen molar-refractivity contribution in [2.24, 2.45) is 0 Å². The van der Waals surface area contributed by atoms with Crippen molar-refractivity contribution in [3.05, 3.63) is 17.0 Å². The monoisotopic (exact) mass is 267 g/mol. The number of hydrogen-bond acceptors (Lipinski definition) is 4. The summed E-state index contributed by atoms with van der Waals surface area (Å²) < 4.78 is 0. The molecule has 18 heavy (non-hydrogen) atoms. The summed E-state index contributed by atoms with van der Waals surface area (Å²) in [5.41, 5.74) is 0.362. The van der Waals surface area contributed by atoms with Crippen molar-refractivity contribution < 1.29 is 4.79 Å². The van der Waals surface area contributed by atoms with Gasteiger partial charge in [-0.25, -0.2) is 9.97 Å². The Bertz CT molecular complexity index is 403. The molecule has 0 saturated heterocycles. The molecule has 1 aliphatic rings. The Kier molecular flexibility index (Phi) is 4.93. The average Bonchev–Trinajstić information content (AvgIpc) is 2.32. The molecule has 0 spiro atoms. The number of nitrogens with zero attached hydrogens (tertiary/aromatic N) is 2. The van der Waals surface area contributed by atoms with Gasteiger partial charge in [-0.05, 0) is 12.8 Å². The Labute approximate surface area is 112 Å². The van der Waals surface area contributed by atoms with Crippen molar-refractivity contribution in [2.75, 3.05) is 5.32 Å². The maximum atomic E-state index is 11.0. The highest BCUT2D eigenvalue weighted by atomic mass is 35.5. The summed E-state index contributed by atoms with van der Waals surface area (Å²) in [6.07, 6.45) is 10.7. The van der Waals surface area contributed by atoms with Crippen LogP contribution < -0.4 is 5.32 Å². The first-order chi connectivity index (χ1) is 8.81. The molecule has 0 aliphatic heterocycles. The van der Waals surface area contributed by atoms with Crippen LogP contribution in [0.25, 0.3) is 0 Å².